The number of aromatic nitrogens is 2. The van der Waals surface area contributed by atoms with E-state index >= 15 is 0 Å². The van der Waals surface area contributed by atoms with Crippen molar-refractivity contribution in [1.29, 1.82) is 0 Å². The van der Waals surface area contributed by atoms with Crippen LogP contribution in [0.5, 0.6) is 11.5 Å². The SMILES string of the molecule is CCN(CC)CCC(=O)Nc1c(C)cccc1C12CC3CC(c4c(OC)cccc4OC)(CC(NC(=O)n4cccn4)(C3)C1C(=O)O)C2. The van der Waals surface area contributed by atoms with Gasteiger partial charge in [0.2, 0.25) is 5.91 Å². The largest absolute Gasteiger partial charge is 0.496 e. The quantitative estimate of drug-likeness (QED) is 0.237. The molecular formula is C37H47N5O6. The molecule has 48 heavy (non-hydrogen) atoms. The van der Waals surface area contributed by atoms with E-state index in [-0.39, 0.29) is 11.8 Å². The number of ether oxygens (including phenoxy) is 2. The molecule has 1 aromatic heterocycles. The lowest BCUT2D eigenvalue weighted by atomic mass is 9.35. The first kappa shape index (κ1) is 33.5. The number of carboxylic acid groups (broad SMARTS) is 1. The summed E-state index contributed by atoms with van der Waals surface area (Å²) in [5.74, 6) is -0.665. The van der Waals surface area contributed by atoms with E-state index in [1.54, 1.807) is 26.5 Å². The minimum Gasteiger partial charge on any atom is -0.496 e. The molecule has 5 unspecified atom stereocenters. The fourth-order valence-electron chi connectivity index (χ4n) is 9.89. The number of carbonyl (C=O) groups is 3. The first-order chi connectivity index (χ1) is 23.0. The summed E-state index contributed by atoms with van der Waals surface area (Å²) >= 11 is 0. The van der Waals surface area contributed by atoms with E-state index in [2.05, 4.69) is 34.5 Å². The van der Waals surface area contributed by atoms with Gasteiger partial charge in [0, 0.05) is 47.4 Å². The molecule has 4 saturated carbocycles. The number of anilines is 1. The maximum absolute atomic E-state index is 13.8. The first-order valence-corrected chi connectivity index (χ1v) is 16.9. The van der Waals surface area contributed by atoms with Crippen LogP contribution >= 0.6 is 0 Å². The Balaban J connectivity index is 1.54. The van der Waals surface area contributed by atoms with Crippen molar-refractivity contribution in [3.63, 3.8) is 0 Å². The monoisotopic (exact) mass is 657 g/mol. The third kappa shape index (κ3) is 5.51. The number of para-hydroxylation sites is 1. The van der Waals surface area contributed by atoms with Crippen LogP contribution in [0.3, 0.4) is 0 Å². The summed E-state index contributed by atoms with van der Waals surface area (Å²) in [4.78, 5) is 43.3. The zero-order valence-electron chi connectivity index (χ0n) is 28.5. The van der Waals surface area contributed by atoms with Gasteiger partial charge in [-0.3, -0.25) is 9.59 Å². The number of hydrogen-bond donors (Lipinski definition) is 3. The molecule has 5 atom stereocenters. The zero-order valence-corrected chi connectivity index (χ0v) is 28.5. The summed E-state index contributed by atoms with van der Waals surface area (Å²) in [6.45, 7) is 8.44. The van der Waals surface area contributed by atoms with Gasteiger partial charge < -0.3 is 30.1 Å². The summed E-state index contributed by atoms with van der Waals surface area (Å²) in [5.41, 5.74) is 0.536. The Labute approximate surface area is 282 Å². The van der Waals surface area contributed by atoms with Crippen molar-refractivity contribution in [1.82, 2.24) is 20.0 Å². The van der Waals surface area contributed by atoms with Crippen molar-refractivity contribution in [2.75, 3.05) is 39.2 Å². The van der Waals surface area contributed by atoms with Crippen molar-refractivity contribution < 1.29 is 29.0 Å². The molecule has 7 rings (SSSR count). The molecule has 11 nitrogen and oxygen atoms in total. The van der Waals surface area contributed by atoms with Gasteiger partial charge in [0.05, 0.1) is 25.7 Å². The maximum atomic E-state index is 13.8. The zero-order chi connectivity index (χ0) is 34.3. The summed E-state index contributed by atoms with van der Waals surface area (Å²) in [6, 6.07) is 12.8. The van der Waals surface area contributed by atoms with Crippen molar-refractivity contribution in [3.05, 3.63) is 71.5 Å². The molecule has 4 aliphatic rings. The minimum atomic E-state index is -1.13. The van der Waals surface area contributed by atoms with Gasteiger partial charge in [-0.15, -0.1) is 0 Å². The van der Waals surface area contributed by atoms with E-state index in [0.717, 1.165) is 36.2 Å². The smallest absolute Gasteiger partial charge is 0.342 e. The average Bonchev–Trinajstić information content (AvgIpc) is 3.60. The second-order valence-corrected chi connectivity index (χ2v) is 13.9. The standard InChI is InChI=1S/C37H47N5O6/c1-6-41(7-2)18-15-29(43)39-31-24(3)11-8-12-26(31)36-20-25-19-35(22-36,30-27(47-4)13-9-14-28(30)48-5)23-37(21-25,32(36)33(44)45)40-34(46)42-17-10-16-38-42/h8-14,16-17,25,32H,6-7,15,18-23H2,1-5H3,(H,39,43)(H,40,46)(H,44,45). The molecule has 1 heterocycles. The van der Waals surface area contributed by atoms with Crippen LogP contribution in [-0.2, 0) is 20.4 Å². The average molecular weight is 658 g/mol. The lowest BCUT2D eigenvalue weighted by molar-refractivity contribution is -0.167. The van der Waals surface area contributed by atoms with Crippen LogP contribution in [0.1, 0.15) is 69.1 Å². The molecule has 0 saturated heterocycles. The van der Waals surface area contributed by atoms with Crippen molar-refractivity contribution >= 4 is 23.6 Å². The van der Waals surface area contributed by atoms with Gasteiger partial charge in [-0.05, 0) is 87.4 Å². The molecule has 4 aliphatic carbocycles. The molecule has 2 aromatic carbocycles. The number of nitrogens with zero attached hydrogens (tertiary/aromatic N) is 3. The van der Waals surface area contributed by atoms with E-state index in [9.17, 15) is 19.5 Å². The molecule has 4 bridgehead atoms. The third-order valence-electron chi connectivity index (χ3n) is 11.3. The Bertz CT molecular complexity index is 1670. The van der Waals surface area contributed by atoms with Gasteiger partial charge in [0.25, 0.3) is 0 Å². The van der Waals surface area contributed by atoms with Crippen LogP contribution in [0.25, 0.3) is 0 Å². The normalized spacial score (nSPS) is 27.1. The van der Waals surface area contributed by atoms with Crippen LogP contribution in [-0.4, -0.2) is 77.1 Å². The summed E-state index contributed by atoms with van der Waals surface area (Å²) < 4.78 is 13.1. The number of carboxylic acids is 1. The van der Waals surface area contributed by atoms with Crippen molar-refractivity contribution in [3.8, 4) is 11.5 Å². The molecule has 11 heteroatoms. The van der Waals surface area contributed by atoms with Gasteiger partial charge in [-0.25, -0.2) is 4.79 Å². The maximum Gasteiger partial charge on any atom is 0.342 e. The predicted octanol–water partition coefficient (Wildman–Crippen LogP) is 5.36. The van der Waals surface area contributed by atoms with E-state index in [1.165, 1.54) is 10.9 Å². The van der Waals surface area contributed by atoms with Crippen LogP contribution in [0.15, 0.2) is 54.9 Å². The topological polar surface area (TPSA) is 135 Å². The molecule has 3 aromatic rings. The number of methoxy groups -OCH3 is 2. The third-order valence-corrected chi connectivity index (χ3v) is 11.3. The Morgan fingerprint density at radius 2 is 1.71 bits per heavy atom. The summed E-state index contributed by atoms with van der Waals surface area (Å²) in [7, 11) is 3.27. The Morgan fingerprint density at radius 1 is 1.00 bits per heavy atom. The lowest BCUT2D eigenvalue weighted by Crippen LogP contribution is -2.75. The highest BCUT2D eigenvalue weighted by Crippen LogP contribution is 2.71. The molecule has 0 aliphatic heterocycles. The molecule has 3 N–H and O–H groups in total. The van der Waals surface area contributed by atoms with E-state index in [1.807, 2.05) is 43.3 Å². The van der Waals surface area contributed by atoms with E-state index in [0.29, 0.717) is 55.8 Å². The van der Waals surface area contributed by atoms with Crippen LogP contribution in [0.2, 0.25) is 0 Å². The predicted molar refractivity (Wildman–Crippen MR) is 182 cm³/mol. The minimum absolute atomic E-state index is 0.0716. The van der Waals surface area contributed by atoms with Gasteiger partial charge in [0.15, 0.2) is 0 Å². The highest BCUT2D eigenvalue weighted by atomic mass is 16.5. The number of amides is 2. The van der Waals surface area contributed by atoms with Crippen LogP contribution in [0, 0.1) is 18.8 Å². The molecule has 2 amide bonds. The van der Waals surface area contributed by atoms with Crippen LogP contribution in [0.4, 0.5) is 10.5 Å². The van der Waals surface area contributed by atoms with Gasteiger partial charge in [0.1, 0.15) is 11.5 Å². The molecule has 256 valence electrons. The van der Waals surface area contributed by atoms with Gasteiger partial charge >= 0.3 is 12.0 Å². The number of aliphatic carboxylic acids is 1. The number of nitrogens with one attached hydrogen (secondary N) is 2. The highest BCUT2D eigenvalue weighted by Gasteiger charge is 2.72. The van der Waals surface area contributed by atoms with Crippen molar-refractivity contribution in [2.24, 2.45) is 11.8 Å². The Kier molecular flexibility index (Phi) is 9.02. The van der Waals surface area contributed by atoms with Gasteiger partial charge in [-0.1, -0.05) is 38.1 Å². The number of aryl methyl sites for hydroxylation is 1. The number of benzene rings is 2. The van der Waals surface area contributed by atoms with Crippen molar-refractivity contribution in [2.45, 2.75) is 75.7 Å². The van der Waals surface area contributed by atoms with E-state index < -0.39 is 34.3 Å². The Hall–Kier alpha value is -4.38. The number of rotatable bonds is 12. The van der Waals surface area contributed by atoms with E-state index in [4.69, 9.17) is 9.47 Å². The van der Waals surface area contributed by atoms with Gasteiger partial charge in [-0.2, -0.15) is 9.78 Å². The second kappa shape index (κ2) is 12.9. The number of carbonyl (C=O) groups excluding carboxylic acids is 2. The molecule has 0 radical (unpaired) electrons. The first-order valence-electron chi connectivity index (χ1n) is 16.9. The van der Waals surface area contributed by atoms with Crippen LogP contribution < -0.4 is 20.1 Å². The fraction of sp³-hybridized carbons (Fsp3) is 0.514. The second-order valence-electron chi connectivity index (χ2n) is 13.9. The highest BCUT2D eigenvalue weighted by molar-refractivity contribution is 5.93. The molecular weight excluding hydrogens is 610 g/mol. The fourth-order valence-corrected chi connectivity index (χ4v) is 9.89. The number of hydrogen-bond acceptors (Lipinski definition) is 7. The lowest BCUT2D eigenvalue weighted by Gasteiger charge is -2.69. The summed E-state index contributed by atoms with van der Waals surface area (Å²) in [5, 5.41) is 21.9. The summed E-state index contributed by atoms with van der Waals surface area (Å²) in [6.07, 6.45) is 6.18. The molecule has 0 spiro atoms. The molecule has 4 fully saturated rings. The Morgan fingerprint density at radius 3 is 2.33 bits per heavy atom.